The van der Waals surface area contributed by atoms with Gasteiger partial charge in [0.1, 0.15) is 0 Å². The number of aliphatic hydroxyl groups is 1. The lowest BCUT2D eigenvalue weighted by molar-refractivity contribution is -0.0114. The molecule has 104 valence electrons. The fraction of sp³-hybridized carbons (Fsp3) is 0.438. The lowest BCUT2D eigenvalue weighted by Gasteiger charge is -2.37. The summed E-state index contributed by atoms with van der Waals surface area (Å²) in [4.78, 5) is 0. The molecular formula is C16H19N3O. The van der Waals surface area contributed by atoms with Crippen molar-refractivity contribution in [3.63, 3.8) is 0 Å². The van der Waals surface area contributed by atoms with Crippen LogP contribution in [0.15, 0.2) is 42.7 Å². The van der Waals surface area contributed by atoms with Gasteiger partial charge in [0.25, 0.3) is 0 Å². The van der Waals surface area contributed by atoms with E-state index in [0.29, 0.717) is 12.1 Å². The molecule has 2 bridgehead atoms. The predicted molar refractivity (Wildman–Crippen MR) is 76.6 cm³/mol. The van der Waals surface area contributed by atoms with Crippen LogP contribution in [0.25, 0.3) is 5.69 Å². The van der Waals surface area contributed by atoms with Crippen LogP contribution in [0.3, 0.4) is 0 Å². The highest BCUT2D eigenvalue weighted by Crippen LogP contribution is 2.40. The second-order valence-electron chi connectivity index (χ2n) is 6.08. The quantitative estimate of drug-likeness (QED) is 0.876. The van der Waals surface area contributed by atoms with E-state index in [1.807, 2.05) is 41.2 Å². The maximum atomic E-state index is 11.0. The normalized spacial score (nSPS) is 32.5. The lowest BCUT2D eigenvalue weighted by Crippen LogP contribution is -2.46. The Bertz CT molecular complexity index is 579. The van der Waals surface area contributed by atoms with Gasteiger partial charge >= 0.3 is 0 Å². The lowest BCUT2D eigenvalue weighted by atomic mass is 9.81. The number of nitrogens with zero attached hydrogens (tertiary/aromatic N) is 2. The number of hydrogen-bond donors (Lipinski definition) is 2. The van der Waals surface area contributed by atoms with Gasteiger partial charge in [0.2, 0.25) is 0 Å². The molecule has 0 saturated carbocycles. The molecule has 2 aliphatic heterocycles. The largest absolute Gasteiger partial charge is 0.385 e. The van der Waals surface area contributed by atoms with Crippen LogP contribution in [-0.4, -0.2) is 27.0 Å². The molecule has 2 N–H and O–H groups in total. The van der Waals surface area contributed by atoms with Gasteiger partial charge in [-0.15, -0.1) is 0 Å². The van der Waals surface area contributed by atoms with Crippen molar-refractivity contribution in [3.8, 4) is 5.69 Å². The molecule has 1 aromatic heterocycles. The van der Waals surface area contributed by atoms with Gasteiger partial charge in [0.15, 0.2) is 0 Å². The van der Waals surface area contributed by atoms with Crippen molar-refractivity contribution in [2.24, 2.45) is 0 Å². The summed E-state index contributed by atoms with van der Waals surface area (Å²) in [5.74, 6) is 0. The van der Waals surface area contributed by atoms with E-state index in [9.17, 15) is 5.11 Å². The highest BCUT2D eigenvalue weighted by atomic mass is 16.3. The van der Waals surface area contributed by atoms with Crippen molar-refractivity contribution in [2.75, 3.05) is 0 Å². The molecule has 20 heavy (non-hydrogen) atoms. The number of hydrogen-bond acceptors (Lipinski definition) is 3. The molecule has 0 amide bonds. The Morgan fingerprint density at radius 3 is 2.45 bits per heavy atom. The monoisotopic (exact) mass is 269 g/mol. The highest BCUT2D eigenvalue weighted by molar-refractivity contribution is 5.36. The summed E-state index contributed by atoms with van der Waals surface area (Å²) in [5, 5.41) is 18.8. The van der Waals surface area contributed by atoms with Crippen LogP contribution in [0.4, 0.5) is 0 Å². The molecule has 1 aromatic carbocycles. The number of nitrogens with one attached hydrogen (secondary N) is 1. The van der Waals surface area contributed by atoms with Crippen molar-refractivity contribution in [1.82, 2.24) is 15.1 Å². The number of aromatic nitrogens is 2. The van der Waals surface area contributed by atoms with Crippen LogP contribution >= 0.6 is 0 Å². The Kier molecular flexibility index (Phi) is 2.69. The van der Waals surface area contributed by atoms with Crippen LogP contribution in [-0.2, 0) is 5.60 Å². The second kappa shape index (κ2) is 4.43. The van der Waals surface area contributed by atoms with Gasteiger partial charge in [-0.25, -0.2) is 4.68 Å². The van der Waals surface area contributed by atoms with Gasteiger partial charge in [-0.3, -0.25) is 0 Å². The summed E-state index contributed by atoms with van der Waals surface area (Å²) in [6.45, 7) is 0. The highest BCUT2D eigenvalue weighted by Gasteiger charge is 2.43. The zero-order valence-corrected chi connectivity index (χ0v) is 11.4. The topological polar surface area (TPSA) is 50.1 Å². The molecule has 2 saturated heterocycles. The van der Waals surface area contributed by atoms with Crippen molar-refractivity contribution in [2.45, 2.75) is 43.4 Å². The Balaban J connectivity index is 1.62. The minimum Gasteiger partial charge on any atom is -0.385 e. The standard InChI is InChI=1S/C16H19N3O/c20-16(10-13-4-5-14(11-16)18-13)12-2-6-15(7-3-12)19-9-1-8-17-19/h1-3,6-9,13-14,18,20H,4-5,10-11H2. The maximum absolute atomic E-state index is 11.0. The molecule has 0 radical (unpaired) electrons. The molecule has 2 aromatic rings. The molecule has 0 aliphatic carbocycles. The SMILES string of the molecule is OC1(c2ccc(-n3cccn3)cc2)CC2CCC(C1)N2. The first-order valence-corrected chi connectivity index (χ1v) is 7.32. The summed E-state index contributed by atoms with van der Waals surface area (Å²) in [5.41, 5.74) is 1.39. The molecule has 2 aliphatic rings. The van der Waals surface area contributed by atoms with Crippen LogP contribution in [0.2, 0.25) is 0 Å². The van der Waals surface area contributed by atoms with Gasteiger partial charge in [-0.05, 0) is 49.4 Å². The number of rotatable bonds is 2. The van der Waals surface area contributed by atoms with E-state index in [1.165, 1.54) is 12.8 Å². The van der Waals surface area contributed by atoms with Crippen LogP contribution in [0.5, 0.6) is 0 Å². The van der Waals surface area contributed by atoms with E-state index in [0.717, 1.165) is 24.1 Å². The summed E-state index contributed by atoms with van der Waals surface area (Å²) in [7, 11) is 0. The van der Waals surface area contributed by atoms with Crippen molar-refractivity contribution >= 4 is 0 Å². The van der Waals surface area contributed by atoms with Gasteiger partial charge in [0.05, 0.1) is 11.3 Å². The molecule has 4 heteroatoms. The molecular weight excluding hydrogens is 250 g/mol. The maximum Gasteiger partial charge on any atom is 0.0926 e. The number of benzene rings is 1. The Morgan fingerprint density at radius 2 is 1.85 bits per heavy atom. The minimum absolute atomic E-state index is 0.476. The fourth-order valence-corrected chi connectivity index (χ4v) is 3.70. The second-order valence-corrected chi connectivity index (χ2v) is 6.08. The average Bonchev–Trinajstić information content (AvgIpc) is 3.09. The van der Waals surface area contributed by atoms with Crippen LogP contribution < -0.4 is 5.32 Å². The molecule has 2 unspecified atom stereocenters. The van der Waals surface area contributed by atoms with E-state index in [-0.39, 0.29) is 0 Å². The Labute approximate surface area is 118 Å². The van der Waals surface area contributed by atoms with Crippen LogP contribution in [0.1, 0.15) is 31.2 Å². The zero-order chi connectivity index (χ0) is 13.6. The van der Waals surface area contributed by atoms with Crippen molar-refractivity contribution < 1.29 is 5.11 Å². The molecule has 4 nitrogen and oxygen atoms in total. The first-order valence-electron chi connectivity index (χ1n) is 7.32. The van der Waals surface area contributed by atoms with E-state index in [4.69, 9.17) is 0 Å². The van der Waals surface area contributed by atoms with Crippen molar-refractivity contribution in [1.29, 1.82) is 0 Å². The minimum atomic E-state index is -0.667. The van der Waals surface area contributed by atoms with E-state index < -0.39 is 5.60 Å². The number of piperidine rings is 1. The van der Waals surface area contributed by atoms with E-state index in [1.54, 1.807) is 6.20 Å². The molecule has 0 spiro atoms. The molecule has 4 rings (SSSR count). The van der Waals surface area contributed by atoms with Crippen LogP contribution in [0, 0.1) is 0 Å². The first kappa shape index (κ1) is 12.1. The third-order valence-electron chi connectivity index (χ3n) is 4.68. The van der Waals surface area contributed by atoms with Gasteiger partial charge < -0.3 is 10.4 Å². The van der Waals surface area contributed by atoms with E-state index in [2.05, 4.69) is 10.4 Å². The molecule has 2 fully saturated rings. The fourth-order valence-electron chi connectivity index (χ4n) is 3.70. The van der Waals surface area contributed by atoms with E-state index >= 15 is 0 Å². The summed E-state index contributed by atoms with van der Waals surface area (Å²) >= 11 is 0. The third kappa shape index (κ3) is 1.96. The van der Waals surface area contributed by atoms with Gasteiger partial charge in [-0.1, -0.05) is 12.1 Å². The smallest absolute Gasteiger partial charge is 0.0926 e. The first-order chi connectivity index (χ1) is 9.73. The van der Waals surface area contributed by atoms with Gasteiger partial charge in [0, 0.05) is 24.5 Å². The summed E-state index contributed by atoms with van der Waals surface area (Å²) in [6.07, 6.45) is 7.73. The number of fused-ring (bicyclic) bond motifs is 2. The van der Waals surface area contributed by atoms with Gasteiger partial charge in [-0.2, -0.15) is 5.10 Å². The van der Waals surface area contributed by atoms with Crippen molar-refractivity contribution in [3.05, 3.63) is 48.3 Å². The summed E-state index contributed by atoms with van der Waals surface area (Å²) in [6, 6.07) is 11.0. The average molecular weight is 269 g/mol. The Hall–Kier alpha value is -1.65. The predicted octanol–water partition coefficient (Wildman–Crippen LogP) is 1.97. The third-order valence-corrected chi connectivity index (χ3v) is 4.68. The zero-order valence-electron chi connectivity index (χ0n) is 11.4. The Morgan fingerprint density at radius 1 is 1.15 bits per heavy atom. The summed E-state index contributed by atoms with van der Waals surface area (Å²) < 4.78 is 1.83. The molecule has 3 heterocycles. The molecule has 2 atom stereocenters.